The van der Waals surface area contributed by atoms with Gasteiger partial charge in [0.05, 0.1) is 58.4 Å². The first-order valence-electron chi connectivity index (χ1n) is 12.5. The molecule has 1 saturated heterocycles. The molecule has 1 amide bonds. The number of nitriles is 1. The van der Waals surface area contributed by atoms with Crippen LogP contribution in [0, 0.1) is 11.3 Å². The van der Waals surface area contributed by atoms with E-state index in [4.69, 9.17) is 4.74 Å². The second-order valence-corrected chi connectivity index (χ2v) is 13.5. The van der Waals surface area contributed by atoms with Crippen LogP contribution in [0.4, 0.5) is 13.2 Å². The maximum Gasteiger partial charge on any atom is 0.416 e. The molecule has 9 nitrogen and oxygen atoms in total. The fourth-order valence-electron chi connectivity index (χ4n) is 4.52. The second kappa shape index (κ2) is 11.8. The number of alkyl halides is 3. The molecule has 1 N–H and O–H groups in total. The number of nitrogens with one attached hydrogen (secondary N) is 1. The highest BCUT2D eigenvalue weighted by molar-refractivity contribution is 7.91. The molecule has 1 aliphatic heterocycles. The summed E-state index contributed by atoms with van der Waals surface area (Å²) in [6, 6.07) is 9.52. The van der Waals surface area contributed by atoms with Gasteiger partial charge in [-0.05, 0) is 48.0 Å². The van der Waals surface area contributed by atoms with Crippen LogP contribution in [0.2, 0.25) is 0 Å². The number of halogens is 3. The number of carbonyl (C=O) groups excluding carboxylic acids is 1. The van der Waals surface area contributed by atoms with E-state index in [1.54, 1.807) is 0 Å². The third-order valence-electron chi connectivity index (χ3n) is 6.78. The predicted molar refractivity (Wildman–Crippen MR) is 141 cm³/mol. The molecule has 0 radical (unpaired) electrons. The van der Waals surface area contributed by atoms with Crippen LogP contribution in [0.5, 0.6) is 0 Å². The molecule has 2 aliphatic rings. The number of hydrogen-bond donors (Lipinski definition) is 1. The zero-order chi connectivity index (χ0) is 30.0. The number of sulfone groups is 1. The molecular weight excluding hydrogens is 583 g/mol. The van der Waals surface area contributed by atoms with E-state index >= 15 is 0 Å². The quantitative estimate of drug-likeness (QED) is 0.484. The van der Waals surface area contributed by atoms with Crippen molar-refractivity contribution in [3.63, 3.8) is 0 Å². The van der Waals surface area contributed by atoms with E-state index in [1.807, 2.05) is 6.07 Å². The maximum absolute atomic E-state index is 13.3. The van der Waals surface area contributed by atoms with Crippen LogP contribution in [-0.4, -0.2) is 58.1 Å². The SMILES string of the molecule is CCS(=O)(=O)c1ccc([C@H](CC#N)NC(=O)C2=CC3OCCN(S(=O)(=O)c4ccc(C(F)(F)F)cc4)C3C=C2)cc1. The van der Waals surface area contributed by atoms with Crippen molar-refractivity contribution in [3.05, 3.63) is 83.5 Å². The molecule has 0 saturated carbocycles. The first-order valence-corrected chi connectivity index (χ1v) is 15.6. The van der Waals surface area contributed by atoms with Gasteiger partial charge in [0.2, 0.25) is 10.0 Å². The number of amides is 1. The molecule has 1 fully saturated rings. The first kappa shape index (κ1) is 30.4. The van der Waals surface area contributed by atoms with Gasteiger partial charge in [0, 0.05) is 12.1 Å². The molecule has 3 atom stereocenters. The molecule has 0 bridgehead atoms. The predicted octanol–water partition coefficient (Wildman–Crippen LogP) is 3.52. The van der Waals surface area contributed by atoms with Crippen molar-refractivity contribution in [1.82, 2.24) is 9.62 Å². The lowest BCUT2D eigenvalue weighted by Crippen LogP contribution is -2.53. The summed E-state index contributed by atoms with van der Waals surface area (Å²) >= 11 is 0. The van der Waals surface area contributed by atoms with Gasteiger partial charge in [-0.25, -0.2) is 16.8 Å². The molecule has 4 rings (SSSR count). The van der Waals surface area contributed by atoms with E-state index in [1.165, 1.54) is 49.4 Å². The fraction of sp³-hybridized carbons (Fsp3) is 0.333. The number of sulfonamides is 1. The van der Waals surface area contributed by atoms with Gasteiger partial charge in [-0.15, -0.1) is 0 Å². The number of benzene rings is 2. The van der Waals surface area contributed by atoms with Crippen LogP contribution in [0.3, 0.4) is 0 Å². The number of fused-ring (bicyclic) bond motifs is 1. The number of carbonyl (C=O) groups is 1. The molecule has 2 aromatic rings. The summed E-state index contributed by atoms with van der Waals surface area (Å²) in [4.78, 5) is 12.9. The first-order chi connectivity index (χ1) is 19.3. The molecule has 218 valence electrons. The highest BCUT2D eigenvalue weighted by Crippen LogP contribution is 2.32. The van der Waals surface area contributed by atoms with Crippen molar-refractivity contribution >= 4 is 25.8 Å². The number of hydrogen-bond acceptors (Lipinski definition) is 7. The van der Waals surface area contributed by atoms with Gasteiger partial charge in [-0.1, -0.05) is 31.2 Å². The Morgan fingerprint density at radius 3 is 2.32 bits per heavy atom. The van der Waals surface area contributed by atoms with Gasteiger partial charge in [0.25, 0.3) is 5.91 Å². The topological polar surface area (TPSA) is 134 Å². The summed E-state index contributed by atoms with van der Waals surface area (Å²) in [7, 11) is -7.61. The summed E-state index contributed by atoms with van der Waals surface area (Å²) in [6.45, 7) is 1.47. The van der Waals surface area contributed by atoms with E-state index in [9.17, 15) is 40.1 Å². The van der Waals surface area contributed by atoms with Gasteiger partial charge in [-0.2, -0.15) is 22.7 Å². The normalized spacial score (nSPS) is 20.4. The summed E-state index contributed by atoms with van der Waals surface area (Å²) in [5, 5.41) is 12.0. The average molecular weight is 610 g/mol. The van der Waals surface area contributed by atoms with Gasteiger partial charge < -0.3 is 10.1 Å². The lowest BCUT2D eigenvalue weighted by Gasteiger charge is -2.39. The van der Waals surface area contributed by atoms with Crippen molar-refractivity contribution in [2.75, 3.05) is 18.9 Å². The fourth-order valence-corrected chi connectivity index (χ4v) is 6.98. The molecule has 2 unspecified atom stereocenters. The van der Waals surface area contributed by atoms with Crippen LogP contribution in [0.25, 0.3) is 0 Å². The Bertz CT molecular complexity index is 1610. The minimum Gasteiger partial charge on any atom is -0.371 e. The molecule has 1 heterocycles. The zero-order valence-corrected chi connectivity index (χ0v) is 23.3. The molecule has 41 heavy (non-hydrogen) atoms. The Balaban J connectivity index is 1.50. The smallest absolute Gasteiger partial charge is 0.371 e. The van der Waals surface area contributed by atoms with Crippen LogP contribution in [0.1, 0.15) is 30.5 Å². The summed E-state index contributed by atoms with van der Waals surface area (Å²) in [5.74, 6) is -0.630. The van der Waals surface area contributed by atoms with Crippen molar-refractivity contribution in [1.29, 1.82) is 5.26 Å². The van der Waals surface area contributed by atoms with Crippen molar-refractivity contribution in [3.8, 4) is 6.07 Å². The molecule has 0 spiro atoms. The monoisotopic (exact) mass is 609 g/mol. The Kier molecular flexibility index (Phi) is 8.74. The van der Waals surface area contributed by atoms with Crippen molar-refractivity contribution in [2.45, 2.75) is 47.5 Å². The molecule has 1 aliphatic carbocycles. The highest BCUT2D eigenvalue weighted by atomic mass is 32.2. The van der Waals surface area contributed by atoms with Gasteiger partial charge >= 0.3 is 6.18 Å². The molecular formula is C27H26F3N3O6S2. The zero-order valence-electron chi connectivity index (χ0n) is 21.7. The number of ether oxygens (including phenoxy) is 1. The summed E-state index contributed by atoms with van der Waals surface area (Å²) in [6.07, 6.45) is -1.19. The van der Waals surface area contributed by atoms with Gasteiger partial charge in [0.15, 0.2) is 9.84 Å². The molecule has 14 heteroatoms. The number of morpholine rings is 1. The van der Waals surface area contributed by atoms with E-state index in [0.29, 0.717) is 17.7 Å². The van der Waals surface area contributed by atoms with Gasteiger partial charge in [-0.3, -0.25) is 4.79 Å². The number of rotatable bonds is 8. The third-order valence-corrected chi connectivity index (χ3v) is 10.4. The lowest BCUT2D eigenvalue weighted by atomic mass is 9.97. The Hall–Kier alpha value is -3.51. The highest BCUT2D eigenvalue weighted by Gasteiger charge is 2.40. The van der Waals surface area contributed by atoms with Crippen molar-refractivity contribution in [2.24, 2.45) is 0 Å². The molecule has 0 aromatic heterocycles. The van der Waals surface area contributed by atoms with Crippen LogP contribution in [-0.2, 0) is 35.6 Å². The average Bonchev–Trinajstić information content (AvgIpc) is 2.96. The summed E-state index contributed by atoms with van der Waals surface area (Å²) in [5.41, 5.74) is -0.284. The minimum atomic E-state index is -4.61. The largest absolute Gasteiger partial charge is 0.416 e. The number of nitrogens with zero attached hydrogens (tertiary/aromatic N) is 2. The van der Waals surface area contributed by atoms with Crippen LogP contribution in [0.15, 0.2) is 82.1 Å². The summed E-state index contributed by atoms with van der Waals surface area (Å²) < 4.78 is 96.3. The standard InChI is InChI=1S/C27H26F3N3O6S2/c1-2-40(35,36)21-8-3-18(4-9-21)23(13-14-31)32-26(34)19-5-12-24-25(17-19)39-16-15-33(24)41(37,38)22-10-6-20(7-11-22)27(28,29)30/h3-12,17,23-25H,2,13,15-16H2,1H3,(H,32,34)/t23-,24?,25?/m0/s1. The van der Waals surface area contributed by atoms with Crippen LogP contribution >= 0.6 is 0 Å². The van der Waals surface area contributed by atoms with Gasteiger partial charge in [0.1, 0.15) is 0 Å². The van der Waals surface area contributed by atoms with Crippen molar-refractivity contribution < 1.29 is 39.5 Å². The lowest BCUT2D eigenvalue weighted by molar-refractivity contribution is -0.137. The second-order valence-electron chi connectivity index (χ2n) is 9.31. The van der Waals surface area contributed by atoms with E-state index < -0.39 is 55.7 Å². The van der Waals surface area contributed by atoms with E-state index in [2.05, 4.69) is 5.32 Å². The maximum atomic E-state index is 13.3. The minimum absolute atomic E-state index is 0.00958. The third kappa shape index (κ3) is 6.54. The van der Waals surface area contributed by atoms with E-state index in [0.717, 1.165) is 16.4 Å². The molecule has 2 aromatic carbocycles. The van der Waals surface area contributed by atoms with Crippen LogP contribution < -0.4 is 5.32 Å². The van der Waals surface area contributed by atoms with E-state index in [-0.39, 0.29) is 40.7 Å². The Labute approximate surface area is 235 Å². The Morgan fingerprint density at radius 2 is 1.73 bits per heavy atom. The Morgan fingerprint density at radius 1 is 1.10 bits per heavy atom.